The van der Waals surface area contributed by atoms with Gasteiger partial charge in [0.2, 0.25) is 11.8 Å². The van der Waals surface area contributed by atoms with Crippen LogP contribution in [0.2, 0.25) is 0 Å². The van der Waals surface area contributed by atoms with E-state index in [-0.39, 0.29) is 23.8 Å². The van der Waals surface area contributed by atoms with Crippen molar-refractivity contribution in [3.63, 3.8) is 0 Å². The van der Waals surface area contributed by atoms with Crippen LogP contribution in [-0.4, -0.2) is 49.9 Å². The average Bonchev–Trinajstić information content (AvgIpc) is 2.36. The fraction of sp³-hybridized carbons (Fsp3) is 0.846. The van der Waals surface area contributed by atoms with Crippen LogP contribution in [0.25, 0.3) is 0 Å². The van der Waals surface area contributed by atoms with Crippen LogP contribution in [0.4, 0.5) is 0 Å². The molecule has 5 nitrogen and oxygen atoms in total. The molecule has 1 saturated heterocycles. The largest absolute Gasteiger partial charge is 0.355 e. The van der Waals surface area contributed by atoms with Gasteiger partial charge in [0.1, 0.15) is 0 Å². The van der Waals surface area contributed by atoms with Crippen LogP contribution in [0.3, 0.4) is 0 Å². The summed E-state index contributed by atoms with van der Waals surface area (Å²) in [5.74, 6) is -0.0265. The highest BCUT2D eigenvalue weighted by Gasteiger charge is 2.36. The standard InChI is InChI=1S/C13H25N3O2/c1-4-7-15-11(17)9-16(3)12(18)13(2)6-5-8-14-10-13/h14H,4-10H2,1-3H3,(H,15,17). The van der Waals surface area contributed by atoms with E-state index in [9.17, 15) is 9.59 Å². The van der Waals surface area contributed by atoms with Crippen molar-refractivity contribution in [1.82, 2.24) is 15.5 Å². The highest BCUT2D eigenvalue weighted by atomic mass is 16.2. The Morgan fingerprint density at radius 1 is 1.44 bits per heavy atom. The number of nitrogens with one attached hydrogen (secondary N) is 2. The van der Waals surface area contributed by atoms with Gasteiger partial charge in [0.15, 0.2) is 0 Å². The first-order chi connectivity index (χ1) is 8.49. The molecule has 1 aliphatic heterocycles. The minimum Gasteiger partial charge on any atom is -0.355 e. The lowest BCUT2D eigenvalue weighted by Crippen LogP contribution is -2.51. The van der Waals surface area contributed by atoms with Crippen LogP contribution in [0.15, 0.2) is 0 Å². The molecule has 1 unspecified atom stereocenters. The molecule has 1 atom stereocenters. The molecular formula is C13H25N3O2. The molecule has 1 fully saturated rings. The zero-order valence-electron chi connectivity index (χ0n) is 11.7. The molecule has 0 aromatic carbocycles. The lowest BCUT2D eigenvalue weighted by Gasteiger charge is -2.35. The smallest absolute Gasteiger partial charge is 0.239 e. The molecule has 0 bridgehead atoms. The average molecular weight is 255 g/mol. The lowest BCUT2D eigenvalue weighted by molar-refractivity contribution is -0.143. The summed E-state index contributed by atoms with van der Waals surface area (Å²) < 4.78 is 0. The molecule has 0 radical (unpaired) electrons. The summed E-state index contributed by atoms with van der Waals surface area (Å²) in [6, 6.07) is 0. The van der Waals surface area contributed by atoms with Crippen LogP contribution in [0.1, 0.15) is 33.1 Å². The number of carbonyl (C=O) groups excluding carboxylic acids is 2. The van der Waals surface area contributed by atoms with E-state index in [1.54, 1.807) is 7.05 Å². The topological polar surface area (TPSA) is 61.4 Å². The van der Waals surface area contributed by atoms with Crippen molar-refractivity contribution in [2.45, 2.75) is 33.1 Å². The van der Waals surface area contributed by atoms with Gasteiger partial charge in [-0.1, -0.05) is 6.92 Å². The van der Waals surface area contributed by atoms with E-state index >= 15 is 0 Å². The summed E-state index contributed by atoms with van der Waals surface area (Å²) in [4.78, 5) is 25.5. The molecule has 0 spiro atoms. The van der Waals surface area contributed by atoms with Gasteiger partial charge < -0.3 is 15.5 Å². The first kappa shape index (κ1) is 15.0. The predicted octanol–water partition coefficient (Wildman–Crippen LogP) is 0.361. The van der Waals surface area contributed by atoms with E-state index in [0.717, 1.165) is 25.8 Å². The van der Waals surface area contributed by atoms with Gasteiger partial charge >= 0.3 is 0 Å². The second-order valence-electron chi connectivity index (χ2n) is 5.35. The summed E-state index contributed by atoms with van der Waals surface area (Å²) in [6.07, 6.45) is 2.81. The van der Waals surface area contributed by atoms with Gasteiger partial charge in [-0.15, -0.1) is 0 Å². The van der Waals surface area contributed by atoms with Gasteiger partial charge in [-0.05, 0) is 32.7 Å². The molecule has 0 saturated carbocycles. The van der Waals surface area contributed by atoms with Crippen molar-refractivity contribution in [2.75, 3.05) is 33.2 Å². The normalized spacial score (nSPS) is 23.5. The molecule has 2 N–H and O–H groups in total. The van der Waals surface area contributed by atoms with Gasteiger partial charge in [0.05, 0.1) is 12.0 Å². The van der Waals surface area contributed by atoms with Crippen molar-refractivity contribution in [3.05, 3.63) is 0 Å². The van der Waals surface area contributed by atoms with Gasteiger partial charge in [0, 0.05) is 20.1 Å². The van der Waals surface area contributed by atoms with Crippen molar-refractivity contribution >= 4 is 11.8 Å². The quantitative estimate of drug-likeness (QED) is 0.746. The zero-order chi connectivity index (χ0) is 13.6. The van der Waals surface area contributed by atoms with Crippen LogP contribution < -0.4 is 10.6 Å². The molecule has 0 aromatic rings. The molecule has 0 aromatic heterocycles. The lowest BCUT2D eigenvalue weighted by atomic mass is 9.81. The maximum Gasteiger partial charge on any atom is 0.239 e. The van der Waals surface area contributed by atoms with E-state index in [1.165, 1.54) is 4.90 Å². The molecule has 5 heteroatoms. The second kappa shape index (κ2) is 6.73. The summed E-state index contributed by atoms with van der Waals surface area (Å²) in [7, 11) is 1.70. The van der Waals surface area contributed by atoms with E-state index in [2.05, 4.69) is 10.6 Å². The Morgan fingerprint density at radius 2 is 2.17 bits per heavy atom. The highest BCUT2D eigenvalue weighted by Crippen LogP contribution is 2.27. The number of likely N-dealkylation sites (N-methyl/N-ethyl adjacent to an activating group) is 1. The number of hydrogen-bond acceptors (Lipinski definition) is 3. The molecule has 18 heavy (non-hydrogen) atoms. The fourth-order valence-electron chi connectivity index (χ4n) is 2.31. The third-order valence-electron chi connectivity index (χ3n) is 3.41. The first-order valence-electron chi connectivity index (χ1n) is 6.72. The summed E-state index contributed by atoms with van der Waals surface area (Å²) in [5.41, 5.74) is -0.363. The summed E-state index contributed by atoms with van der Waals surface area (Å²) in [6.45, 7) is 6.47. The highest BCUT2D eigenvalue weighted by molar-refractivity contribution is 5.87. The van der Waals surface area contributed by atoms with Crippen molar-refractivity contribution < 1.29 is 9.59 Å². The molecule has 1 rings (SSSR count). The van der Waals surface area contributed by atoms with Gasteiger partial charge in [0.25, 0.3) is 0 Å². The third kappa shape index (κ3) is 3.98. The van der Waals surface area contributed by atoms with Crippen molar-refractivity contribution in [3.8, 4) is 0 Å². The van der Waals surface area contributed by atoms with Crippen LogP contribution in [-0.2, 0) is 9.59 Å². The molecule has 1 aliphatic rings. The third-order valence-corrected chi connectivity index (χ3v) is 3.41. The van der Waals surface area contributed by atoms with E-state index < -0.39 is 0 Å². The Hall–Kier alpha value is -1.10. The minimum absolute atomic E-state index is 0.0568. The van der Waals surface area contributed by atoms with E-state index in [0.29, 0.717) is 13.1 Å². The Kier molecular flexibility index (Phi) is 5.59. The van der Waals surface area contributed by atoms with Crippen LogP contribution >= 0.6 is 0 Å². The Balaban J connectivity index is 2.47. The van der Waals surface area contributed by atoms with E-state index in [4.69, 9.17) is 0 Å². The Morgan fingerprint density at radius 3 is 2.72 bits per heavy atom. The zero-order valence-corrected chi connectivity index (χ0v) is 11.7. The van der Waals surface area contributed by atoms with Crippen molar-refractivity contribution in [2.24, 2.45) is 5.41 Å². The molecule has 2 amide bonds. The SMILES string of the molecule is CCCNC(=O)CN(C)C(=O)C1(C)CCCNC1. The summed E-state index contributed by atoms with van der Waals surface area (Å²) >= 11 is 0. The predicted molar refractivity (Wildman–Crippen MR) is 71.1 cm³/mol. The molecular weight excluding hydrogens is 230 g/mol. The van der Waals surface area contributed by atoms with E-state index in [1.807, 2.05) is 13.8 Å². The number of carbonyl (C=O) groups is 2. The maximum absolute atomic E-state index is 12.3. The molecule has 104 valence electrons. The number of piperidine rings is 1. The van der Waals surface area contributed by atoms with Crippen LogP contribution in [0.5, 0.6) is 0 Å². The summed E-state index contributed by atoms with van der Waals surface area (Å²) in [5, 5.41) is 6.04. The number of hydrogen-bond donors (Lipinski definition) is 2. The van der Waals surface area contributed by atoms with Gasteiger partial charge in [-0.3, -0.25) is 9.59 Å². The fourth-order valence-corrected chi connectivity index (χ4v) is 2.31. The Bertz CT molecular complexity index is 299. The first-order valence-corrected chi connectivity index (χ1v) is 6.72. The Labute approximate surface area is 109 Å². The van der Waals surface area contributed by atoms with Gasteiger partial charge in [-0.25, -0.2) is 0 Å². The number of rotatable bonds is 5. The number of amides is 2. The van der Waals surface area contributed by atoms with Crippen LogP contribution in [0, 0.1) is 5.41 Å². The maximum atomic E-state index is 12.3. The number of nitrogens with zero attached hydrogens (tertiary/aromatic N) is 1. The van der Waals surface area contributed by atoms with Gasteiger partial charge in [-0.2, -0.15) is 0 Å². The minimum atomic E-state index is -0.363. The van der Waals surface area contributed by atoms with Crippen molar-refractivity contribution in [1.29, 1.82) is 0 Å². The monoisotopic (exact) mass is 255 g/mol. The second-order valence-corrected chi connectivity index (χ2v) is 5.35. The molecule has 1 heterocycles. The molecule has 0 aliphatic carbocycles.